The van der Waals surface area contributed by atoms with Gasteiger partial charge in [-0.25, -0.2) is 0 Å². The van der Waals surface area contributed by atoms with Gasteiger partial charge in [0.25, 0.3) is 0 Å². The Morgan fingerprint density at radius 3 is 2.95 bits per heavy atom. The van der Waals surface area contributed by atoms with Crippen LogP contribution in [0, 0.1) is 0 Å². The average molecular weight is 281 g/mol. The van der Waals surface area contributed by atoms with Gasteiger partial charge in [0.05, 0.1) is 11.2 Å². The minimum Gasteiger partial charge on any atom is -0.484 e. The van der Waals surface area contributed by atoms with Gasteiger partial charge in [-0.05, 0) is 24.5 Å². The Morgan fingerprint density at radius 2 is 2.26 bits per heavy atom. The molecule has 5 heteroatoms. The van der Waals surface area contributed by atoms with Crippen LogP contribution in [0.4, 0.5) is 0 Å². The highest BCUT2D eigenvalue weighted by molar-refractivity contribution is 6.32. The predicted molar refractivity (Wildman–Crippen MR) is 74.3 cm³/mol. The van der Waals surface area contributed by atoms with Gasteiger partial charge in [-0.2, -0.15) is 0 Å². The fourth-order valence-corrected chi connectivity index (χ4v) is 2.01. The molecule has 0 saturated heterocycles. The highest BCUT2D eigenvalue weighted by Gasteiger charge is 2.12. The molecule has 0 bridgehead atoms. The lowest BCUT2D eigenvalue weighted by molar-refractivity contribution is 0.247. The number of nitrogens with two attached hydrogens (primary N) is 1. The number of nitrogens with zero attached hydrogens (tertiary/aromatic N) is 1. The molecule has 2 rings (SSSR count). The Morgan fingerprint density at radius 1 is 1.42 bits per heavy atom. The summed E-state index contributed by atoms with van der Waals surface area (Å²) in [4.78, 5) is 0. The topological polar surface area (TPSA) is 61.3 Å². The first-order valence-corrected chi connectivity index (χ1v) is 6.63. The van der Waals surface area contributed by atoms with Crippen LogP contribution in [0.1, 0.15) is 24.7 Å². The quantitative estimate of drug-likeness (QED) is 0.883. The first-order valence-electron chi connectivity index (χ1n) is 6.26. The molecule has 2 N–H and O–H groups in total. The van der Waals surface area contributed by atoms with Crippen LogP contribution in [0.25, 0.3) is 0 Å². The van der Waals surface area contributed by atoms with E-state index < -0.39 is 0 Å². The molecular weight excluding hydrogens is 264 g/mol. The molecule has 1 aromatic carbocycles. The van der Waals surface area contributed by atoms with Crippen LogP contribution in [-0.4, -0.2) is 11.2 Å². The monoisotopic (exact) mass is 280 g/mol. The summed E-state index contributed by atoms with van der Waals surface area (Å²) in [6, 6.07) is 7.55. The third-order valence-corrected chi connectivity index (χ3v) is 3.20. The van der Waals surface area contributed by atoms with Gasteiger partial charge in [0, 0.05) is 12.1 Å². The number of aromatic nitrogens is 1. The van der Waals surface area contributed by atoms with E-state index in [2.05, 4.69) is 12.1 Å². The van der Waals surface area contributed by atoms with E-state index >= 15 is 0 Å². The van der Waals surface area contributed by atoms with Gasteiger partial charge in [-0.15, -0.1) is 0 Å². The van der Waals surface area contributed by atoms with Crippen molar-refractivity contribution in [3.8, 4) is 5.75 Å². The van der Waals surface area contributed by atoms with E-state index in [0.29, 0.717) is 23.1 Å². The molecule has 0 amide bonds. The van der Waals surface area contributed by atoms with Crippen molar-refractivity contribution in [3.05, 3.63) is 46.8 Å². The molecule has 1 unspecified atom stereocenters. The van der Waals surface area contributed by atoms with Crippen LogP contribution in [0.2, 0.25) is 5.02 Å². The Kier molecular flexibility index (Phi) is 4.82. The Balaban J connectivity index is 2.13. The van der Waals surface area contributed by atoms with Crippen LogP contribution in [0.5, 0.6) is 5.75 Å². The summed E-state index contributed by atoms with van der Waals surface area (Å²) in [6.45, 7) is 2.36. The lowest BCUT2D eigenvalue weighted by Crippen LogP contribution is -2.21. The normalized spacial score (nSPS) is 12.4. The van der Waals surface area contributed by atoms with Crippen molar-refractivity contribution in [3.63, 3.8) is 0 Å². The van der Waals surface area contributed by atoms with E-state index in [0.717, 1.165) is 18.4 Å². The number of para-hydroxylation sites is 1. The summed E-state index contributed by atoms with van der Waals surface area (Å²) in [6.07, 6.45) is 3.23. The molecule has 1 aromatic heterocycles. The van der Waals surface area contributed by atoms with Crippen molar-refractivity contribution in [1.82, 2.24) is 5.16 Å². The van der Waals surface area contributed by atoms with Crippen molar-refractivity contribution in [2.45, 2.75) is 32.4 Å². The number of hydrogen-bond donors (Lipinski definition) is 1. The van der Waals surface area contributed by atoms with Crippen molar-refractivity contribution >= 4 is 11.6 Å². The Hall–Kier alpha value is -1.52. The Bertz CT molecular complexity index is 514. The number of rotatable bonds is 6. The first kappa shape index (κ1) is 13.9. The molecule has 1 atom stereocenters. The molecule has 102 valence electrons. The molecule has 0 aliphatic rings. The second kappa shape index (κ2) is 6.59. The zero-order valence-electron chi connectivity index (χ0n) is 10.8. The highest BCUT2D eigenvalue weighted by atomic mass is 35.5. The zero-order valence-corrected chi connectivity index (χ0v) is 11.6. The second-order valence-electron chi connectivity index (χ2n) is 4.37. The molecule has 0 aliphatic carbocycles. The van der Waals surface area contributed by atoms with Crippen LogP contribution in [0.3, 0.4) is 0 Å². The molecule has 0 spiro atoms. The highest BCUT2D eigenvalue weighted by Crippen LogP contribution is 2.30. The second-order valence-corrected chi connectivity index (χ2v) is 4.78. The number of hydrogen-bond acceptors (Lipinski definition) is 4. The van der Waals surface area contributed by atoms with E-state index in [1.807, 2.05) is 12.1 Å². The third-order valence-electron chi connectivity index (χ3n) is 2.91. The standard InChI is InChI=1S/C14H17ClN2O2/c1-2-11(16)8-10-4-3-5-13(15)14(10)18-9-12-6-7-17-19-12/h3-7,11H,2,8-9,16H2,1H3. The summed E-state index contributed by atoms with van der Waals surface area (Å²) in [5, 5.41) is 4.22. The summed E-state index contributed by atoms with van der Waals surface area (Å²) >= 11 is 6.18. The van der Waals surface area contributed by atoms with Crippen LogP contribution < -0.4 is 10.5 Å². The van der Waals surface area contributed by atoms with E-state index in [1.165, 1.54) is 0 Å². The minimum absolute atomic E-state index is 0.103. The van der Waals surface area contributed by atoms with E-state index in [1.54, 1.807) is 18.3 Å². The van der Waals surface area contributed by atoms with Crippen molar-refractivity contribution in [1.29, 1.82) is 0 Å². The van der Waals surface area contributed by atoms with Crippen LogP contribution in [0.15, 0.2) is 35.0 Å². The molecule has 0 radical (unpaired) electrons. The lowest BCUT2D eigenvalue weighted by Gasteiger charge is -2.15. The van der Waals surface area contributed by atoms with Gasteiger partial charge in [0.15, 0.2) is 5.76 Å². The van der Waals surface area contributed by atoms with Gasteiger partial charge in [0.2, 0.25) is 0 Å². The fourth-order valence-electron chi connectivity index (χ4n) is 1.76. The molecular formula is C14H17ClN2O2. The largest absolute Gasteiger partial charge is 0.484 e. The number of halogens is 1. The number of benzene rings is 1. The maximum absolute atomic E-state index is 6.18. The van der Waals surface area contributed by atoms with Crippen LogP contribution >= 0.6 is 11.6 Å². The van der Waals surface area contributed by atoms with E-state index in [9.17, 15) is 0 Å². The summed E-state index contributed by atoms with van der Waals surface area (Å²) in [7, 11) is 0. The third kappa shape index (κ3) is 3.72. The SMILES string of the molecule is CCC(N)Cc1cccc(Cl)c1OCc1ccno1. The van der Waals surface area contributed by atoms with Gasteiger partial charge in [-0.3, -0.25) is 0 Å². The first-order chi connectivity index (χ1) is 9.20. The van der Waals surface area contributed by atoms with E-state index in [-0.39, 0.29) is 6.04 Å². The van der Waals surface area contributed by atoms with Gasteiger partial charge >= 0.3 is 0 Å². The van der Waals surface area contributed by atoms with Crippen molar-refractivity contribution in [2.75, 3.05) is 0 Å². The fraction of sp³-hybridized carbons (Fsp3) is 0.357. The van der Waals surface area contributed by atoms with Gasteiger partial charge < -0.3 is 15.0 Å². The lowest BCUT2D eigenvalue weighted by atomic mass is 10.0. The zero-order chi connectivity index (χ0) is 13.7. The van der Waals surface area contributed by atoms with Gasteiger partial charge in [-0.1, -0.05) is 35.8 Å². The molecule has 1 heterocycles. The van der Waals surface area contributed by atoms with Crippen molar-refractivity contribution in [2.24, 2.45) is 5.73 Å². The summed E-state index contributed by atoms with van der Waals surface area (Å²) < 4.78 is 10.7. The van der Waals surface area contributed by atoms with Gasteiger partial charge in [0.1, 0.15) is 12.4 Å². The summed E-state index contributed by atoms with van der Waals surface area (Å²) in [5.74, 6) is 1.33. The average Bonchev–Trinajstić information content (AvgIpc) is 2.91. The van der Waals surface area contributed by atoms with Crippen LogP contribution in [-0.2, 0) is 13.0 Å². The maximum atomic E-state index is 6.18. The maximum Gasteiger partial charge on any atom is 0.174 e. The molecule has 0 aliphatic heterocycles. The molecule has 19 heavy (non-hydrogen) atoms. The Labute approximate surface area is 117 Å². The molecule has 0 fully saturated rings. The number of ether oxygens (including phenoxy) is 1. The summed E-state index contributed by atoms with van der Waals surface area (Å²) in [5.41, 5.74) is 7.00. The molecule has 0 saturated carbocycles. The minimum atomic E-state index is 0.103. The molecule has 4 nitrogen and oxygen atoms in total. The smallest absolute Gasteiger partial charge is 0.174 e. The molecule has 2 aromatic rings. The van der Waals surface area contributed by atoms with Crippen molar-refractivity contribution < 1.29 is 9.26 Å². The predicted octanol–water partition coefficient (Wildman–Crippen LogP) is 3.19. The van der Waals surface area contributed by atoms with E-state index in [4.69, 9.17) is 26.6 Å².